The van der Waals surface area contributed by atoms with Crippen molar-refractivity contribution in [3.63, 3.8) is 0 Å². The molecule has 0 spiro atoms. The highest BCUT2D eigenvalue weighted by molar-refractivity contribution is 6.30. The molecule has 0 aliphatic heterocycles. The lowest BCUT2D eigenvalue weighted by molar-refractivity contribution is -0.117. The average Bonchev–Trinajstić information content (AvgIpc) is 3.49. The third kappa shape index (κ3) is 5.16. The van der Waals surface area contributed by atoms with Crippen molar-refractivity contribution in [2.45, 2.75) is 6.42 Å². The van der Waals surface area contributed by atoms with Gasteiger partial charge in [-0.1, -0.05) is 29.8 Å². The number of hydrogen-bond donors (Lipinski definition) is 3. The van der Waals surface area contributed by atoms with Gasteiger partial charge >= 0.3 is 0 Å². The number of furan rings is 1. The van der Waals surface area contributed by atoms with E-state index in [1.54, 1.807) is 71.4 Å². The molecule has 10 heteroatoms. The van der Waals surface area contributed by atoms with Gasteiger partial charge in [0.2, 0.25) is 5.91 Å². The van der Waals surface area contributed by atoms with E-state index in [1.807, 2.05) is 0 Å². The Morgan fingerprint density at radius 2 is 1.82 bits per heavy atom. The topological polar surface area (TPSA) is 132 Å². The van der Waals surface area contributed by atoms with Crippen molar-refractivity contribution in [3.05, 3.63) is 89.3 Å². The second kappa shape index (κ2) is 10.1. The molecule has 4 N–H and O–H groups in total. The molecular weight excluding hydrogens is 458 g/mol. The highest BCUT2D eigenvalue weighted by Crippen LogP contribution is 2.26. The summed E-state index contributed by atoms with van der Waals surface area (Å²) in [4.78, 5) is 36.5. The van der Waals surface area contributed by atoms with E-state index >= 15 is 0 Å². The largest absolute Gasteiger partial charge is 0.463 e. The Labute approximate surface area is 199 Å². The van der Waals surface area contributed by atoms with E-state index in [4.69, 9.17) is 21.8 Å². The van der Waals surface area contributed by atoms with Crippen LogP contribution >= 0.6 is 11.6 Å². The Kier molecular flexibility index (Phi) is 6.74. The maximum atomic E-state index is 13.1. The molecule has 0 saturated carbocycles. The monoisotopic (exact) mass is 477 g/mol. The molecule has 0 unspecified atom stereocenters. The van der Waals surface area contributed by atoms with Gasteiger partial charge in [-0.25, -0.2) is 4.68 Å². The van der Waals surface area contributed by atoms with Gasteiger partial charge in [0.25, 0.3) is 11.8 Å². The molecule has 4 rings (SSSR count). The highest BCUT2D eigenvalue weighted by atomic mass is 35.5. The second-order valence-electron chi connectivity index (χ2n) is 7.26. The molecule has 0 saturated heterocycles. The van der Waals surface area contributed by atoms with E-state index < -0.39 is 17.7 Å². The molecule has 2 aromatic carbocycles. The summed E-state index contributed by atoms with van der Waals surface area (Å²) < 4.78 is 7.07. The first-order valence-electron chi connectivity index (χ1n) is 10.3. The zero-order valence-electron chi connectivity index (χ0n) is 17.8. The van der Waals surface area contributed by atoms with Crippen LogP contribution in [0.3, 0.4) is 0 Å². The van der Waals surface area contributed by atoms with Crippen molar-refractivity contribution in [3.8, 4) is 17.1 Å². The van der Waals surface area contributed by atoms with Crippen LogP contribution in [0.15, 0.2) is 77.4 Å². The minimum Gasteiger partial charge on any atom is -0.463 e. The molecule has 0 radical (unpaired) electrons. The van der Waals surface area contributed by atoms with Crippen LogP contribution in [0.1, 0.15) is 27.3 Å². The van der Waals surface area contributed by atoms with Crippen LogP contribution in [-0.4, -0.2) is 34.0 Å². The lowest BCUT2D eigenvalue weighted by Crippen LogP contribution is -2.29. The molecule has 4 aromatic rings. The molecule has 0 bridgehead atoms. The molecule has 3 amide bonds. The summed E-state index contributed by atoms with van der Waals surface area (Å²) in [5.41, 5.74) is 6.94. The number of nitrogens with two attached hydrogens (primary N) is 1. The van der Waals surface area contributed by atoms with Crippen molar-refractivity contribution in [2.75, 3.05) is 11.9 Å². The van der Waals surface area contributed by atoms with Crippen molar-refractivity contribution < 1.29 is 18.8 Å². The Balaban J connectivity index is 1.62. The van der Waals surface area contributed by atoms with Crippen LogP contribution in [0.2, 0.25) is 5.02 Å². The van der Waals surface area contributed by atoms with Gasteiger partial charge in [0.1, 0.15) is 5.69 Å². The van der Waals surface area contributed by atoms with E-state index in [0.29, 0.717) is 27.9 Å². The number of para-hydroxylation sites is 1. The molecule has 2 heterocycles. The number of halogens is 1. The standard InChI is InChI=1S/C24H20ClN5O4/c25-15-5-3-6-16(13-15)30-20(21-9-4-12-34-21)14-19(29-30)24(33)28-18-8-2-1-7-17(18)23(32)27-11-10-22(26)31/h1-9,12-14H,10-11H2,(H2,26,31)(H,27,32)(H,28,33). The molecule has 2 aromatic heterocycles. The lowest BCUT2D eigenvalue weighted by atomic mass is 10.1. The normalized spacial score (nSPS) is 10.6. The smallest absolute Gasteiger partial charge is 0.276 e. The molecule has 9 nitrogen and oxygen atoms in total. The zero-order valence-corrected chi connectivity index (χ0v) is 18.6. The Morgan fingerprint density at radius 3 is 2.56 bits per heavy atom. The average molecular weight is 478 g/mol. The fourth-order valence-corrected chi connectivity index (χ4v) is 3.45. The lowest BCUT2D eigenvalue weighted by Gasteiger charge is -2.10. The van der Waals surface area contributed by atoms with Crippen LogP contribution < -0.4 is 16.4 Å². The van der Waals surface area contributed by atoms with E-state index in [-0.39, 0.29) is 24.2 Å². The fraction of sp³-hybridized carbons (Fsp3) is 0.0833. The summed E-state index contributed by atoms with van der Waals surface area (Å²) in [6, 6.07) is 18.6. The first-order valence-corrected chi connectivity index (χ1v) is 10.7. The quantitative estimate of drug-likeness (QED) is 0.356. The minimum atomic E-state index is -0.524. The number of nitrogens with one attached hydrogen (secondary N) is 2. The van der Waals surface area contributed by atoms with Gasteiger partial charge in [-0.3, -0.25) is 14.4 Å². The van der Waals surface area contributed by atoms with Gasteiger partial charge in [-0.15, -0.1) is 0 Å². The number of amides is 3. The minimum absolute atomic E-state index is 0.0107. The number of carbonyl (C=O) groups is 3. The van der Waals surface area contributed by atoms with Gasteiger partial charge in [-0.2, -0.15) is 5.10 Å². The van der Waals surface area contributed by atoms with Crippen LogP contribution in [0.4, 0.5) is 5.69 Å². The molecule has 172 valence electrons. The number of benzene rings is 2. The summed E-state index contributed by atoms with van der Waals surface area (Å²) in [5, 5.41) is 10.3. The van der Waals surface area contributed by atoms with Gasteiger partial charge in [0.05, 0.1) is 23.2 Å². The van der Waals surface area contributed by atoms with Crippen molar-refractivity contribution >= 4 is 35.0 Å². The number of primary amides is 1. The summed E-state index contributed by atoms with van der Waals surface area (Å²) >= 11 is 6.14. The fourth-order valence-electron chi connectivity index (χ4n) is 3.27. The number of nitrogens with zero attached hydrogens (tertiary/aromatic N) is 2. The predicted molar refractivity (Wildman–Crippen MR) is 127 cm³/mol. The van der Waals surface area contributed by atoms with E-state index in [9.17, 15) is 14.4 Å². The van der Waals surface area contributed by atoms with Gasteiger partial charge in [0.15, 0.2) is 11.5 Å². The summed E-state index contributed by atoms with van der Waals surface area (Å²) in [6.07, 6.45) is 1.54. The zero-order chi connectivity index (χ0) is 24.1. The van der Waals surface area contributed by atoms with Crippen molar-refractivity contribution in [2.24, 2.45) is 5.73 Å². The Bertz CT molecular complexity index is 1350. The SMILES string of the molecule is NC(=O)CCNC(=O)c1ccccc1NC(=O)c1cc(-c2ccco2)n(-c2cccc(Cl)c2)n1. The van der Waals surface area contributed by atoms with E-state index in [0.717, 1.165) is 0 Å². The predicted octanol–water partition coefficient (Wildman–Crippen LogP) is 3.64. The highest BCUT2D eigenvalue weighted by Gasteiger charge is 2.20. The molecule has 0 aliphatic rings. The van der Waals surface area contributed by atoms with Gasteiger partial charge in [-0.05, 0) is 42.5 Å². The summed E-state index contributed by atoms with van der Waals surface area (Å²) in [6.45, 7) is 0.0903. The van der Waals surface area contributed by atoms with Crippen LogP contribution in [0, 0.1) is 0 Å². The van der Waals surface area contributed by atoms with Crippen LogP contribution in [0.25, 0.3) is 17.1 Å². The molecule has 0 fully saturated rings. The first kappa shape index (κ1) is 22.8. The Morgan fingerprint density at radius 1 is 1.00 bits per heavy atom. The summed E-state index contributed by atoms with van der Waals surface area (Å²) in [5.74, 6) is -0.978. The maximum absolute atomic E-state index is 13.1. The Hall–Kier alpha value is -4.37. The van der Waals surface area contributed by atoms with Gasteiger partial charge < -0.3 is 20.8 Å². The first-order chi connectivity index (χ1) is 16.4. The second-order valence-corrected chi connectivity index (χ2v) is 7.69. The number of aromatic nitrogens is 2. The van der Waals surface area contributed by atoms with E-state index in [1.165, 1.54) is 6.26 Å². The molecular formula is C24H20ClN5O4. The number of hydrogen-bond acceptors (Lipinski definition) is 5. The summed E-state index contributed by atoms with van der Waals surface area (Å²) in [7, 11) is 0. The van der Waals surface area contributed by atoms with Crippen molar-refractivity contribution in [1.82, 2.24) is 15.1 Å². The number of anilines is 1. The molecule has 0 aliphatic carbocycles. The molecule has 34 heavy (non-hydrogen) atoms. The maximum Gasteiger partial charge on any atom is 0.276 e. The third-order valence-electron chi connectivity index (χ3n) is 4.85. The molecule has 0 atom stereocenters. The van der Waals surface area contributed by atoms with Crippen LogP contribution in [-0.2, 0) is 4.79 Å². The third-order valence-corrected chi connectivity index (χ3v) is 5.08. The van der Waals surface area contributed by atoms with Gasteiger partial charge in [0, 0.05) is 24.1 Å². The van der Waals surface area contributed by atoms with E-state index in [2.05, 4.69) is 15.7 Å². The number of carbonyl (C=O) groups excluding carboxylic acids is 3. The van der Waals surface area contributed by atoms with Crippen LogP contribution in [0.5, 0.6) is 0 Å². The van der Waals surface area contributed by atoms with Crippen molar-refractivity contribution in [1.29, 1.82) is 0 Å². The number of rotatable bonds is 8.